The lowest BCUT2D eigenvalue weighted by atomic mass is 10.2. The monoisotopic (exact) mass is 252 g/mol. The van der Waals surface area contributed by atoms with Gasteiger partial charge in [0.2, 0.25) is 0 Å². The third-order valence-corrected chi connectivity index (χ3v) is 2.61. The second kappa shape index (κ2) is 9.65. The average molecular weight is 252 g/mol. The van der Waals surface area contributed by atoms with Crippen LogP contribution in [0.3, 0.4) is 0 Å². The second-order valence-corrected chi connectivity index (χ2v) is 4.28. The van der Waals surface area contributed by atoms with Crippen LogP contribution in [0, 0.1) is 0 Å². The Labute approximate surface area is 109 Å². The highest BCUT2D eigenvalue weighted by Gasteiger charge is 1.97. The molecule has 1 aromatic heterocycles. The van der Waals surface area contributed by atoms with Crippen LogP contribution >= 0.6 is 0 Å². The molecule has 0 aliphatic carbocycles. The van der Waals surface area contributed by atoms with E-state index in [0.717, 1.165) is 56.8 Å². The van der Waals surface area contributed by atoms with Crippen LogP contribution in [0.5, 0.6) is 0 Å². The molecule has 0 bridgehead atoms. The highest BCUT2D eigenvalue weighted by molar-refractivity contribution is 5.46. The van der Waals surface area contributed by atoms with Crippen LogP contribution in [-0.2, 0) is 0 Å². The molecule has 0 spiro atoms. The summed E-state index contributed by atoms with van der Waals surface area (Å²) in [5, 5.41) is 15.2. The van der Waals surface area contributed by atoms with E-state index < -0.39 is 0 Å². The number of aliphatic hydroxyl groups is 1. The van der Waals surface area contributed by atoms with Crippen LogP contribution < -0.4 is 10.6 Å². The van der Waals surface area contributed by atoms with Crippen LogP contribution in [0.4, 0.5) is 11.6 Å². The van der Waals surface area contributed by atoms with Crippen molar-refractivity contribution in [2.75, 3.05) is 30.3 Å². The Hall–Kier alpha value is -1.36. The standard InChI is InChI=1S/C13H24N4O/c1-2-7-14-12-10-13(17-11-16-12)15-8-5-3-4-6-9-18/h10-11,18H,2-9H2,1H3,(H2,14,15,16,17). The molecule has 1 aromatic rings. The normalized spacial score (nSPS) is 10.3. The molecule has 1 heterocycles. The van der Waals surface area contributed by atoms with Crippen molar-refractivity contribution in [3.63, 3.8) is 0 Å². The SMILES string of the molecule is CCCNc1cc(NCCCCCCO)ncn1. The maximum atomic E-state index is 8.66. The van der Waals surface area contributed by atoms with Crippen molar-refractivity contribution in [2.45, 2.75) is 39.0 Å². The fourth-order valence-corrected chi connectivity index (χ4v) is 1.61. The molecule has 0 aliphatic heterocycles. The fraction of sp³-hybridized carbons (Fsp3) is 0.692. The predicted octanol–water partition coefficient (Wildman–Crippen LogP) is 2.26. The van der Waals surface area contributed by atoms with Crippen molar-refractivity contribution in [3.05, 3.63) is 12.4 Å². The topological polar surface area (TPSA) is 70.1 Å². The van der Waals surface area contributed by atoms with E-state index in [2.05, 4.69) is 27.5 Å². The number of nitrogens with one attached hydrogen (secondary N) is 2. The summed E-state index contributed by atoms with van der Waals surface area (Å²) in [6.45, 7) is 4.26. The zero-order valence-electron chi connectivity index (χ0n) is 11.2. The van der Waals surface area contributed by atoms with E-state index in [4.69, 9.17) is 5.11 Å². The molecule has 0 fully saturated rings. The summed E-state index contributed by atoms with van der Waals surface area (Å²) >= 11 is 0. The van der Waals surface area contributed by atoms with Gasteiger partial charge in [0.25, 0.3) is 0 Å². The minimum atomic E-state index is 0.297. The highest BCUT2D eigenvalue weighted by atomic mass is 16.2. The molecule has 0 atom stereocenters. The first-order valence-corrected chi connectivity index (χ1v) is 6.77. The maximum absolute atomic E-state index is 8.66. The van der Waals surface area contributed by atoms with Gasteiger partial charge in [-0.15, -0.1) is 0 Å². The van der Waals surface area contributed by atoms with Gasteiger partial charge in [0.1, 0.15) is 18.0 Å². The lowest BCUT2D eigenvalue weighted by Gasteiger charge is -2.07. The molecule has 0 saturated heterocycles. The molecule has 5 nitrogen and oxygen atoms in total. The van der Waals surface area contributed by atoms with Gasteiger partial charge in [-0.3, -0.25) is 0 Å². The van der Waals surface area contributed by atoms with E-state index in [1.165, 1.54) is 0 Å². The maximum Gasteiger partial charge on any atom is 0.131 e. The third-order valence-electron chi connectivity index (χ3n) is 2.61. The Balaban J connectivity index is 2.20. The molecule has 0 amide bonds. The van der Waals surface area contributed by atoms with E-state index in [9.17, 15) is 0 Å². The third kappa shape index (κ3) is 6.39. The summed E-state index contributed by atoms with van der Waals surface area (Å²) < 4.78 is 0. The fourth-order valence-electron chi connectivity index (χ4n) is 1.61. The average Bonchev–Trinajstić information content (AvgIpc) is 2.41. The van der Waals surface area contributed by atoms with Crippen molar-refractivity contribution < 1.29 is 5.11 Å². The molecular weight excluding hydrogens is 228 g/mol. The van der Waals surface area contributed by atoms with E-state index in [0.29, 0.717) is 6.61 Å². The lowest BCUT2D eigenvalue weighted by molar-refractivity contribution is 0.283. The summed E-state index contributed by atoms with van der Waals surface area (Å²) in [4.78, 5) is 8.33. The Morgan fingerprint density at radius 3 is 2.33 bits per heavy atom. The van der Waals surface area contributed by atoms with Gasteiger partial charge in [-0.2, -0.15) is 0 Å². The summed E-state index contributed by atoms with van der Waals surface area (Å²) in [7, 11) is 0. The van der Waals surface area contributed by atoms with Gasteiger partial charge in [0, 0.05) is 25.8 Å². The number of aliphatic hydroxyl groups excluding tert-OH is 1. The van der Waals surface area contributed by atoms with Crippen molar-refractivity contribution in [1.29, 1.82) is 0 Å². The van der Waals surface area contributed by atoms with Crippen LogP contribution in [0.2, 0.25) is 0 Å². The second-order valence-electron chi connectivity index (χ2n) is 4.28. The molecule has 0 aliphatic rings. The Kier molecular flexibility index (Phi) is 7.88. The van der Waals surface area contributed by atoms with Crippen molar-refractivity contribution >= 4 is 11.6 Å². The summed E-state index contributed by atoms with van der Waals surface area (Å²) in [6.07, 6.45) is 6.88. The molecule has 0 unspecified atom stereocenters. The number of unbranched alkanes of at least 4 members (excludes halogenated alkanes) is 3. The number of rotatable bonds is 10. The van der Waals surface area contributed by atoms with Gasteiger partial charge in [-0.05, 0) is 19.3 Å². The van der Waals surface area contributed by atoms with E-state index in [1.807, 2.05) is 6.07 Å². The molecule has 0 radical (unpaired) electrons. The summed E-state index contributed by atoms with van der Waals surface area (Å²) in [5.74, 6) is 1.74. The number of nitrogens with zero attached hydrogens (tertiary/aromatic N) is 2. The zero-order chi connectivity index (χ0) is 13.1. The molecule has 0 saturated carbocycles. The van der Waals surface area contributed by atoms with Gasteiger partial charge < -0.3 is 15.7 Å². The molecule has 18 heavy (non-hydrogen) atoms. The van der Waals surface area contributed by atoms with Crippen molar-refractivity contribution in [2.24, 2.45) is 0 Å². The van der Waals surface area contributed by atoms with Crippen LogP contribution in [0.1, 0.15) is 39.0 Å². The molecule has 3 N–H and O–H groups in total. The molecule has 0 aromatic carbocycles. The zero-order valence-corrected chi connectivity index (χ0v) is 11.2. The molecule has 5 heteroatoms. The number of hydrogen-bond donors (Lipinski definition) is 3. The van der Waals surface area contributed by atoms with Crippen molar-refractivity contribution in [1.82, 2.24) is 9.97 Å². The van der Waals surface area contributed by atoms with Gasteiger partial charge in [-0.25, -0.2) is 9.97 Å². The number of aromatic nitrogens is 2. The van der Waals surface area contributed by atoms with Gasteiger partial charge >= 0.3 is 0 Å². The van der Waals surface area contributed by atoms with Crippen LogP contribution in [0.25, 0.3) is 0 Å². The smallest absolute Gasteiger partial charge is 0.131 e. The first-order valence-electron chi connectivity index (χ1n) is 6.77. The van der Waals surface area contributed by atoms with E-state index >= 15 is 0 Å². The minimum absolute atomic E-state index is 0.297. The van der Waals surface area contributed by atoms with Crippen LogP contribution in [-0.4, -0.2) is 34.8 Å². The summed E-state index contributed by atoms with van der Waals surface area (Å²) in [6, 6.07) is 1.93. The molecular formula is C13H24N4O. The Bertz CT molecular complexity index is 320. The Morgan fingerprint density at radius 2 is 1.67 bits per heavy atom. The Morgan fingerprint density at radius 1 is 1.00 bits per heavy atom. The minimum Gasteiger partial charge on any atom is -0.396 e. The van der Waals surface area contributed by atoms with Gasteiger partial charge in [-0.1, -0.05) is 19.8 Å². The van der Waals surface area contributed by atoms with E-state index in [1.54, 1.807) is 6.33 Å². The molecule has 102 valence electrons. The van der Waals surface area contributed by atoms with Gasteiger partial charge in [0.05, 0.1) is 0 Å². The number of hydrogen-bond acceptors (Lipinski definition) is 5. The first-order chi connectivity index (χ1) is 8.86. The van der Waals surface area contributed by atoms with E-state index in [-0.39, 0.29) is 0 Å². The highest BCUT2D eigenvalue weighted by Crippen LogP contribution is 2.09. The largest absolute Gasteiger partial charge is 0.396 e. The molecule has 1 rings (SSSR count). The van der Waals surface area contributed by atoms with Crippen LogP contribution in [0.15, 0.2) is 12.4 Å². The summed E-state index contributed by atoms with van der Waals surface area (Å²) in [5.41, 5.74) is 0. The number of anilines is 2. The first kappa shape index (κ1) is 14.7. The lowest BCUT2D eigenvalue weighted by Crippen LogP contribution is -2.06. The predicted molar refractivity (Wildman–Crippen MR) is 74.9 cm³/mol. The van der Waals surface area contributed by atoms with Crippen molar-refractivity contribution in [3.8, 4) is 0 Å². The van der Waals surface area contributed by atoms with Gasteiger partial charge in [0.15, 0.2) is 0 Å². The quantitative estimate of drug-likeness (QED) is 0.557.